The number of nitrogens with zero attached hydrogens (tertiary/aromatic N) is 1. The SMILES string of the molecule is CC(O)CCNC(=O)CN(C)C(=O)c1ccccc1. The predicted octanol–water partition coefficient (Wildman–Crippen LogP) is 0.646. The molecule has 5 heteroatoms. The van der Waals surface area contributed by atoms with Crippen LogP contribution in [0.25, 0.3) is 0 Å². The van der Waals surface area contributed by atoms with E-state index >= 15 is 0 Å². The maximum absolute atomic E-state index is 12.0. The van der Waals surface area contributed by atoms with Gasteiger partial charge in [0.15, 0.2) is 0 Å². The third kappa shape index (κ3) is 5.52. The number of rotatable bonds is 6. The third-order valence-corrected chi connectivity index (χ3v) is 2.63. The van der Waals surface area contributed by atoms with Gasteiger partial charge in [0.1, 0.15) is 0 Å². The maximum atomic E-state index is 12.0. The molecule has 1 rings (SSSR count). The summed E-state index contributed by atoms with van der Waals surface area (Å²) in [5, 5.41) is 11.7. The molecule has 2 amide bonds. The zero-order valence-electron chi connectivity index (χ0n) is 11.3. The van der Waals surface area contributed by atoms with Gasteiger partial charge >= 0.3 is 0 Å². The smallest absolute Gasteiger partial charge is 0.254 e. The first kappa shape index (κ1) is 15.2. The second kappa shape index (κ2) is 7.53. The number of amides is 2. The molecule has 0 bridgehead atoms. The number of nitrogens with one attached hydrogen (secondary N) is 1. The van der Waals surface area contributed by atoms with Crippen LogP contribution in [0.5, 0.6) is 0 Å². The van der Waals surface area contributed by atoms with Gasteiger partial charge in [-0.05, 0) is 25.5 Å². The zero-order chi connectivity index (χ0) is 14.3. The van der Waals surface area contributed by atoms with Crippen molar-refractivity contribution in [1.82, 2.24) is 10.2 Å². The monoisotopic (exact) mass is 264 g/mol. The van der Waals surface area contributed by atoms with Crippen LogP contribution in [0.3, 0.4) is 0 Å². The van der Waals surface area contributed by atoms with E-state index in [-0.39, 0.29) is 18.4 Å². The Labute approximate surface area is 113 Å². The van der Waals surface area contributed by atoms with Gasteiger partial charge in [0, 0.05) is 19.2 Å². The Balaban J connectivity index is 2.40. The highest BCUT2D eigenvalue weighted by molar-refractivity contribution is 5.96. The molecular weight excluding hydrogens is 244 g/mol. The fourth-order valence-electron chi connectivity index (χ4n) is 1.56. The highest BCUT2D eigenvalue weighted by atomic mass is 16.3. The molecule has 0 saturated heterocycles. The van der Waals surface area contributed by atoms with Crippen molar-refractivity contribution in [1.29, 1.82) is 0 Å². The van der Waals surface area contributed by atoms with Crippen LogP contribution in [-0.4, -0.2) is 48.1 Å². The molecule has 1 aromatic carbocycles. The van der Waals surface area contributed by atoms with E-state index in [9.17, 15) is 9.59 Å². The molecule has 0 spiro atoms. The lowest BCUT2D eigenvalue weighted by Gasteiger charge is -2.17. The van der Waals surface area contributed by atoms with E-state index in [2.05, 4.69) is 5.32 Å². The number of aliphatic hydroxyl groups is 1. The summed E-state index contributed by atoms with van der Waals surface area (Å²) in [7, 11) is 1.59. The van der Waals surface area contributed by atoms with Gasteiger partial charge in [-0.1, -0.05) is 18.2 Å². The molecule has 0 aliphatic heterocycles. The van der Waals surface area contributed by atoms with E-state index in [1.165, 1.54) is 4.90 Å². The number of aliphatic hydroxyl groups excluding tert-OH is 1. The summed E-state index contributed by atoms with van der Waals surface area (Å²) in [5.74, 6) is -0.418. The van der Waals surface area contributed by atoms with Crippen molar-refractivity contribution < 1.29 is 14.7 Å². The Kier molecular flexibility index (Phi) is 6.02. The Hall–Kier alpha value is -1.88. The van der Waals surface area contributed by atoms with Crippen molar-refractivity contribution in [3.05, 3.63) is 35.9 Å². The minimum atomic E-state index is -0.441. The van der Waals surface area contributed by atoms with E-state index in [1.54, 1.807) is 38.2 Å². The molecule has 2 N–H and O–H groups in total. The number of carbonyl (C=O) groups is 2. The van der Waals surface area contributed by atoms with Gasteiger partial charge in [0.2, 0.25) is 5.91 Å². The summed E-state index contributed by atoms with van der Waals surface area (Å²) in [5.41, 5.74) is 0.557. The molecule has 0 aliphatic rings. The molecule has 0 saturated carbocycles. The summed E-state index contributed by atoms with van der Waals surface area (Å²) < 4.78 is 0. The molecule has 1 atom stereocenters. The summed E-state index contributed by atoms with van der Waals surface area (Å²) in [6.07, 6.45) is 0.0613. The first-order chi connectivity index (χ1) is 9.00. The van der Waals surface area contributed by atoms with Crippen LogP contribution < -0.4 is 5.32 Å². The van der Waals surface area contributed by atoms with Crippen LogP contribution in [0.15, 0.2) is 30.3 Å². The molecule has 104 valence electrons. The van der Waals surface area contributed by atoms with Crippen molar-refractivity contribution in [3.8, 4) is 0 Å². The average Bonchev–Trinajstić information content (AvgIpc) is 2.38. The van der Waals surface area contributed by atoms with Crippen molar-refractivity contribution in [2.45, 2.75) is 19.4 Å². The largest absolute Gasteiger partial charge is 0.393 e. The van der Waals surface area contributed by atoms with Crippen molar-refractivity contribution >= 4 is 11.8 Å². The highest BCUT2D eigenvalue weighted by Crippen LogP contribution is 2.02. The third-order valence-electron chi connectivity index (χ3n) is 2.63. The van der Waals surface area contributed by atoms with Gasteiger partial charge in [0.25, 0.3) is 5.91 Å². The fourth-order valence-corrected chi connectivity index (χ4v) is 1.56. The Bertz CT molecular complexity index is 418. The lowest BCUT2D eigenvalue weighted by atomic mass is 10.2. The maximum Gasteiger partial charge on any atom is 0.254 e. The molecule has 0 radical (unpaired) electrons. The van der Waals surface area contributed by atoms with E-state index < -0.39 is 6.10 Å². The van der Waals surface area contributed by atoms with Crippen LogP contribution in [0.2, 0.25) is 0 Å². The number of likely N-dealkylation sites (N-methyl/N-ethyl adjacent to an activating group) is 1. The average molecular weight is 264 g/mol. The number of benzene rings is 1. The lowest BCUT2D eigenvalue weighted by molar-refractivity contribution is -0.121. The molecule has 19 heavy (non-hydrogen) atoms. The van der Waals surface area contributed by atoms with Gasteiger partial charge in [0.05, 0.1) is 12.6 Å². The van der Waals surface area contributed by atoms with Gasteiger partial charge in [-0.25, -0.2) is 0 Å². The second-order valence-corrected chi connectivity index (χ2v) is 4.51. The van der Waals surface area contributed by atoms with Crippen LogP contribution in [0.4, 0.5) is 0 Å². The first-order valence-electron chi connectivity index (χ1n) is 6.26. The molecule has 0 aliphatic carbocycles. The minimum absolute atomic E-state index is 0.00748. The van der Waals surface area contributed by atoms with Crippen LogP contribution in [0.1, 0.15) is 23.7 Å². The summed E-state index contributed by atoms with van der Waals surface area (Å²) in [4.78, 5) is 24.9. The first-order valence-corrected chi connectivity index (χ1v) is 6.26. The molecule has 5 nitrogen and oxygen atoms in total. The van der Waals surface area contributed by atoms with Gasteiger partial charge in [-0.3, -0.25) is 9.59 Å². The zero-order valence-corrected chi connectivity index (χ0v) is 11.3. The number of carbonyl (C=O) groups excluding carboxylic acids is 2. The van der Waals surface area contributed by atoms with E-state index in [4.69, 9.17) is 5.11 Å². The van der Waals surface area contributed by atoms with Crippen molar-refractivity contribution in [2.75, 3.05) is 20.1 Å². The van der Waals surface area contributed by atoms with E-state index in [1.807, 2.05) is 6.07 Å². The lowest BCUT2D eigenvalue weighted by Crippen LogP contribution is -2.39. The van der Waals surface area contributed by atoms with E-state index in [0.717, 1.165) is 0 Å². The van der Waals surface area contributed by atoms with Gasteiger partial charge in [-0.15, -0.1) is 0 Å². The quantitative estimate of drug-likeness (QED) is 0.792. The summed E-state index contributed by atoms with van der Waals surface area (Å²) in [6, 6.07) is 8.82. The van der Waals surface area contributed by atoms with Crippen LogP contribution in [0, 0.1) is 0 Å². The molecule has 0 heterocycles. The minimum Gasteiger partial charge on any atom is -0.393 e. The molecule has 1 aromatic rings. The van der Waals surface area contributed by atoms with E-state index in [0.29, 0.717) is 18.5 Å². The fraction of sp³-hybridized carbons (Fsp3) is 0.429. The van der Waals surface area contributed by atoms with Crippen LogP contribution in [-0.2, 0) is 4.79 Å². The standard InChI is InChI=1S/C14H20N2O3/c1-11(17)8-9-15-13(18)10-16(2)14(19)12-6-4-3-5-7-12/h3-7,11,17H,8-10H2,1-2H3,(H,15,18). The topological polar surface area (TPSA) is 69.6 Å². The molecular formula is C14H20N2O3. The van der Waals surface area contributed by atoms with Gasteiger partial charge < -0.3 is 15.3 Å². The number of hydrogen-bond acceptors (Lipinski definition) is 3. The van der Waals surface area contributed by atoms with Crippen molar-refractivity contribution in [2.24, 2.45) is 0 Å². The molecule has 1 unspecified atom stereocenters. The molecule has 0 aromatic heterocycles. The number of hydrogen-bond donors (Lipinski definition) is 2. The normalized spacial score (nSPS) is 11.7. The predicted molar refractivity (Wildman–Crippen MR) is 72.7 cm³/mol. The second-order valence-electron chi connectivity index (χ2n) is 4.51. The van der Waals surface area contributed by atoms with Gasteiger partial charge in [-0.2, -0.15) is 0 Å². The molecule has 0 fully saturated rings. The highest BCUT2D eigenvalue weighted by Gasteiger charge is 2.14. The summed E-state index contributed by atoms with van der Waals surface area (Å²) >= 11 is 0. The van der Waals surface area contributed by atoms with Crippen molar-refractivity contribution in [3.63, 3.8) is 0 Å². The summed E-state index contributed by atoms with van der Waals surface area (Å²) in [6.45, 7) is 2.08. The Morgan fingerprint density at radius 1 is 1.32 bits per heavy atom. The Morgan fingerprint density at radius 2 is 1.95 bits per heavy atom. The Morgan fingerprint density at radius 3 is 2.53 bits per heavy atom. The van der Waals surface area contributed by atoms with Crippen LogP contribution >= 0.6 is 0 Å².